The first kappa shape index (κ1) is 26.5. The van der Waals surface area contributed by atoms with E-state index in [2.05, 4.69) is 24.3 Å². The summed E-state index contributed by atoms with van der Waals surface area (Å²) in [5.41, 5.74) is 6.07. The molecule has 5 aliphatic rings. The first-order valence-corrected chi connectivity index (χ1v) is 14.8. The topological polar surface area (TPSA) is 84.0 Å². The first-order chi connectivity index (χ1) is 21.3. The molecule has 3 atom stereocenters. The normalized spacial score (nSPS) is 24.8. The van der Waals surface area contributed by atoms with Crippen molar-refractivity contribution in [2.75, 3.05) is 16.3 Å². The number of anilines is 2. The average Bonchev–Trinajstić information content (AvgIpc) is 3.55. The molecule has 0 N–H and O–H groups in total. The third-order valence-corrected chi connectivity index (χ3v) is 9.67. The zero-order valence-electron chi connectivity index (χ0n) is 23.8. The summed E-state index contributed by atoms with van der Waals surface area (Å²) in [5, 5.41) is 0. The van der Waals surface area contributed by atoms with Crippen molar-refractivity contribution in [2.45, 2.75) is 25.2 Å². The monoisotopic (exact) mass is 586 g/mol. The van der Waals surface area contributed by atoms with Gasteiger partial charge in [0.05, 0.1) is 23.4 Å². The number of benzene rings is 4. The number of rotatable bonds is 4. The van der Waals surface area contributed by atoms with Crippen LogP contribution in [0.1, 0.15) is 46.1 Å². The molecule has 0 unspecified atom stereocenters. The SMILES string of the molecule is Cc1cc(OC(=O)[C@H]2CC(=O)N(c3ccc(F)cc3)C2)ccc1N1C(=O)[C@@H]2C3c4ccccc4C(c4ccccc43)[C@@H]2C1=O. The molecular weight excluding hydrogens is 559 g/mol. The van der Waals surface area contributed by atoms with Crippen LogP contribution in [-0.2, 0) is 19.2 Å². The molecule has 2 heterocycles. The van der Waals surface area contributed by atoms with Gasteiger partial charge in [0.2, 0.25) is 17.7 Å². The van der Waals surface area contributed by atoms with E-state index < -0.39 is 29.5 Å². The number of imide groups is 1. The molecule has 0 radical (unpaired) electrons. The van der Waals surface area contributed by atoms with Gasteiger partial charge in [-0.2, -0.15) is 0 Å². The van der Waals surface area contributed by atoms with Crippen LogP contribution in [0, 0.1) is 30.5 Å². The number of esters is 1. The summed E-state index contributed by atoms with van der Waals surface area (Å²) in [7, 11) is 0. The van der Waals surface area contributed by atoms with Gasteiger partial charge >= 0.3 is 5.97 Å². The first-order valence-electron chi connectivity index (χ1n) is 14.8. The molecule has 7 nitrogen and oxygen atoms in total. The molecule has 0 aromatic heterocycles. The number of nitrogens with zero attached hydrogens (tertiary/aromatic N) is 2. The Morgan fingerprint density at radius 3 is 1.84 bits per heavy atom. The summed E-state index contributed by atoms with van der Waals surface area (Å²) in [4.78, 5) is 56.6. The van der Waals surface area contributed by atoms with Crippen LogP contribution in [-0.4, -0.2) is 30.2 Å². The summed E-state index contributed by atoms with van der Waals surface area (Å²) in [6.07, 6.45) is -0.0139. The maximum atomic E-state index is 14.1. The van der Waals surface area contributed by atoms with Gasteiger partial charge in [0.1, 0.15) is 11.6 Å². The van der Waals surface area contributed by atoms with E-state index in [0.717, 1.165) is 22.3 Å². The number of halogens is 1. The Morgan fingerprint density at radius 2 is 1.32 bits per heavy atom. The summed E-state index contributed by atoms with van der Waals surface area (Å²) in [5.74, 6) is -3.40. The molecule has 3 aliphatic carbocycles. The van der Waals surface area contributed by atoms with E-state index in [4.69, 9.17) is 4.74 Å². The second kappa shape index (κ2) is 9.71. The number of amides is 3. The van der Waals surface area contributed by atoms with Crippen LogP contribution in [0.25, 0.3) is 0 Å². The lowest BCUT2D eigenvalue weighted by Gasteiger charge is -2.45. The lowest BCUT2D eigenvalue weighted by atomic mass is 9.55. The fraction of sp³-hybridized carbons (Fsp3) is 0.222. The second-order valence-electron chi connectivity index (χ2n) is 12.0. The van der Waals surface area contributed by atoms with E-state index in [-0.39, 0.29) is 48.3 Å². The van der Waals surface area contributed by atoms with Crippen molar-refractivity contribution >= 4 is 35.1 Å². The largest absolute Gasteiger partial charge is 0.426 e. The fourth-order valence-corrected chi connectivity index (χ4v) is 7.79. The van der Waals surface area contributed by atoms with Gasteiger partial charge in [0, 0.05) is 30.5 Å². The smallest absolute Gasteiger partial charge is 0.316 e. The molecule has 9 rings (SSSR count). The Labute approximate surface area is 252 Å². The van der Waals surface area contributed by atoms with Crippen molar-refractivity contribution in [1.29, 1.82) is 0 Å². The molecule has 3 amide bonds. The molecule has 4 aromatic rings. The number of ether oxygens (including phenoxy) is 1. The molecular formula is C36H27FN2O5. The molecule has 2 bridgehead atoms. The highest BCUT2D eigenvalue weighted by molar-refractivity contribution is 6.23. The zero-order valence-corrected chi connectivity index (χ0v) is 23.8. The van der Waals surface area contributed by atoms with Crippen LogP contribution >= 0.6 is 0 Å². The number of carbonyl (C=O) groups excluding carboxylic acids is 4. The average molecular weight is 587 g/mol. The third-order valence-electron chi connectivity index (χ3n) is 9.67. The van der Waals surface area contributed by atoms with Gasteiger partial charge in [-0.3, -0.25) is 19.2 Å². The molecule has 2 fully saturated rings. The Morgan fingerprint density at radius 1 is 0.773 bits per heavy atom. The van der Waals surface area contributed by atoms with Crippen LogP contribution in [0.3, 0.4) is 0 Å². The van der Waals surface area contributed by atoms with Crippen molar-refractivity contribution in [1.82, 2.24) is 0 Å². The van der Waals surface area contributed by atoms with Crippen LogP contribution in [0.15, 0.2) is 91.0 Å². The highest BCUT2D eigenvalue weighted by Gasteiger charge is 2.61. The summed E-state index contributed by atoms with van der Waals surface area (Å²) < 4.78 is 19.0. The lowest BCUT2D eigenvalue weighted by molar-refractivity contribution is -0.139. The Bertz CT molecular complexity index is 1790. The van der Waals surface area contributed by atoms with E-state index in [1.807, 2.05) is 24.3 Å². The molecule has 8 heteroatoms. The van der Waals surface area contributed by atoms with E-state index in [1.54, 1.807) is 25.1 Å². The van der Waals surface area contributed by atoms with Crippen molar-refractivity contribution in [2.24, 2.45) is 17.8 Å². The Kier molecular flexibility index (Phi) is 5.85. The summed E-state index contributed by atoms with van der Waals surface area (Å²) in [6.45, 7) is 1.91. The van der Waals surface area contributed by atoms with Crippen molar-refractivity contribution in [3.63, 3.8) is 0 Å². The molecule has 0 spiro atoms. The van der Waals surface area contributed by atoms with Crippen LogP contribution in [0.5, 0.6) is 5.75 Å². The molecule has 44 heavy (non-hydrogen) atoms. The highest BCUT2D eigenvalue weighted by Crippen LogP contribution is 2.61. The second-order valence-corrected chi connectivity index (χ2v) is 12.0. The van der Waals surface area contributed by atoms with Gasteiger partial charge < -0.3 is 9.64 Å². The van der Waals surface area contributed by atoms with Crippen LogP contribution < -0.4 is 14.5 Å². The summed E-state index contributed by atoms with van der Waals surface area (Å²) in [6, 6.07) is 26.7. The Balaban J connectivity index is 1.04. The number of aryl methyl sites for hydroxylation is 1. The van der Waals surface area contributed by atoms with Crippen molar-refractivity contribution in [3.05, 3.63) is 125 Å². The van der Waals surface area contributed by atoms with Crippen LogP contribution in [0.2, 0.25) is 0 Å². The van der Waals surface area contributed by atoms with E-state index in [9.17, 15) is 23.6 Å². The van der Waals surface area contributed by atoms with Crippen LogP contribution in [0.4, 0.5) is 15.8 Å². The van der Waals surface area contributed by atoms with Gasteiger partial charge in [-0.05, 0) is 77.2 Å². The fourth-order valence-electron chi connectivity index (χ4n) is 7.79. The third kappa shape index (κ3) is 3.80. The number of carbonyl (C=O) groups is 4. The predicted molar refractivity (Wildman–Crippen MR) is 160 cm³/mol. The van der Waals surface area contributed by atoms with Gasteiger partial charge in [-0.1, -0.05) is 48.5 Å². The predicted octanol–water partition coefficient (Wildman–Crippen LogP) is 5.49. The molecule has 218 valence electrons. The maximum absolute atomic E-state index is 14.1. The standard InChI is InChI=1S/C36H27FN2O5/c1-19-16-23(44-36(43)20-17-29(40)38(18-20)22-12-10-21(37)11-13-22)14-15-28(19)39-34(41)32-30-24-6-2-3-7-25(24)31(33(32)35(39)42)27-9-5-4-8-26(27)30/h2-16,20,30-33H,17-18H2,1H3/t20-,30?,31?,32-,33+/m0/s1. The Hall–Kier alpha value is -5.11. The van der Waals surface area contributed by atoms with Crippen molar-refractivity contribution < 1.29 is 28.3 Å². The van der Waals surface area contributed by atoms with E-state index in [0.29, 0.717) is 16.9 Å². The highest BCUT2D eigenvalue weighted by atomic mass is 19.1. The minimum absolute atomic E-state index is 0.0139. The quantitative estimate of drug-likeness (QED) is 0.180. The lowest BCUT2D eigenvalue weighted by Crippen LogP contribution is -2.41. The zero-order chi connectivity index (χ0) is 30.3. The number of hydrogen-bond donors (Lipinski definition) is 0. The maximum Gasteiger partial charge on any atom is 0.316 e. The molecule has 2 aliphatic heterocycles. The van der Waals surface area contributed by atoms with Gasteiger partial charge in [-0.15, -0.1) is 0 Å². The van der Waals surface area contributed by atoms with E-state index >= 15 is 0 Å². The van der Waals surface area contributed by atoms with Gasteiger partial charge in [0.15, 0.2) is 0 Å². The molecule has 2 saturated heterocycles. The van der Waals surface area contributed by atoms with Gasteiger partial charge in [-0.25, -0.2) is 9.29 Å². The van der Waals surface area contributed by atoms with Gasteiger partial charge in [0.25, 0.3) is 0 Å². The minimum Gasteiger partial charge on any atom is -0.426 e. The minimum atomic E-state index is -0.684. The van der Waals surface area contributed by atoms with E-state index in [1.165, 1.54) is 34.1 Å². The molecule has 0 saturated carbocycles. The summed E-state index contributed by atoms with van der Waals surface area (Å²) >= 11 is 0. The molecule has 4 aromatic carbocycles. The van der Waals surface area contributed by atoms with Crippen molar-refractivity contribution in [3.8, 4) is 5.75 Å². The number of hydrogen-bond acceptors (Lipinski definition) is 5.